The van der Waals surface area contributed by atoms with E-state index in [0.717, 1.165) is 10.3 Å². The Morgan fingerprint density at radius 2 is 2.15 bits per heavy atom. The summed E-state index contributed by atoms with van der Waals surface area (Å²) in [4.78, 5) is 18.5. The van der Waals surface area contributed by atoms with E-state index in [4.69, 9.17) is 0 Å². The molecule has 5 heteroatoms. The largest absolute Gasteiger partial charge is 0.623 e. The molecule has 2 rings (SSSR count). The monoisotopic (exact) mass is 275 g/mol. The summed E-state index contributed by atoms with van der Waals surface area (Å²) in [6.07, 6.45) is 3.42. The van der Waals surface area contributed by atoms with Gasteiger partial charge in [-0.2, -0.15) is 4.74 Å². The van der Waals surface area contributed by atoms with Crippen LogP contribution in [0.15, 0.2) is 24.5 Å². The highest BCUT2D eigenvalue weighted by Crippen LogP contribution is 2.41. The van der Waals surface area contributed by atoms with Gasteiger partial charge in [0.2, 0.25) is 0 Å². The minimum absolute atomic E-state index is 0.114. The molecule has 0 bridgehead atoms. The topological polar surface area (TPSA) is 59.3 Å². The normalized spacial score (nSPS) is 25.3. The zero-order valence-electron chi connectivity index (χ0n) is 12.5. The summed E-state index contributed by atoms with van der Waals surface area (Å²) in [7, 11) is 0. The van der Waals surface area contributed by atoms with Crippen LogP contribution in [-0.4, -0.2) is 44.9 Å². The highest BCUT2D eigenvalue weighted by molar-refractivity contribution is 6.01. The first-order valence-electron chi connectivity index (χ1n) is 6.98. The second kappa shape index (κ2) is 5.23. The van der Waals surface area contributed by atoms with Crippen molar-refractivity contribution in [2.24, 2.45) is 0 Å². The molecule has 0 spiro atoms. The van der Waals surface area contributed by atoms with Gasteiger partial charge in [-0.15, -0.1) is 0 Å². The summed E-state index contributed by atoms with van der Waals surface area (Å²) >= 11 is 0. The molecule has 0 fully saturated rings. The van der Waals surface area contributed by atoms with E-state index < -0.39 is 5.54 Å². The van der Waals surface area contributed by atoms with Crippen molar-refractivity contribution in [3.8, 4) is 0 Å². The summed E-state index contributed by atoms with van der Waals surface area (Å²) in [6, 6.07) is 3.75. The van der Waals surface area contributed by atoms with Gasteiger partial charge < -0.3 is 10.1 Å². The van der Waals surface area contributed by atoms with Gasteiger partial charge >= 0.3 is 0 Å². The highest BCUT2D eigenvalue weighted by Gasteiger charge is 2.62. The van der Waals surface area contributed by atoms with Crippen LogP contribution in [0.5, 0.6) is 0 Å². The summed E-state index contributed by atoms with van der Waals surface area (Å²) in [5.74, 6) is -0.307. The predicted molar refractivity (Wildman–Crippen MR) is 77.6 cm³/mol. The Morgan fingerprint density at radius 3 is 2.65 bits per heavy atom. The van der Waals surface area contributed by atoms with Gasteiger partial charge in [0.05, 0.1) is 0 Å². The van der Waals surface area contributed by atoms with E-state index in [1.807, 2.05) is 26.0 Å². The maximum Gasteiger partial charge on any atom is 0.296 e. The highest BCUT2D eigenvalue weighted by atomic mass is 16.5. The number of nitrogens with zero attached hydrogens (tertiary/aromatic N) is 3. The van der Waals surface area contributed by atoms with E-state index in [1.54, 1.807) is 31.1 Å². The second-order valence-electron chi connectivity index (χ2n) is 5.28. The molecular formula is C15H21N3O2. The Labute approximate surface area is 119 Å². The van der Waals surface area contributed by atoms with Crippen LogP contribution in [0.25, 0.3) is 0 Å². The van der Waals surface area contributed by atoms with Gasteiger partial charge in [0.1, 0.15) is 5.92 Å². The average Bonchev–Trinajstić information content (AvgIpc) is 2.48. The van der Waals surface area contributed by atoms with Crippen molar-refractivity contribution in [2.75, 3.05) is 13.1 Å². The Morgan fingerprint density at radius 1 is 1.50 bits per heavy atom. The molecule has 1 aromatic heterocycles. The Bertz CT molecular complexity index is 537. The van der Waals surface area contributed by atoms with Gasteiger partial charge in [-0.25, -0.2) is 0 Å². The fraction of sp³-hybridized carbons (Fsp3) is 0.533. The number of pyridine rings is 1. The lowest BCUT2D eigenvalue weighted by Gasteiger charge is -2.44. The van der Waals surface area contributed by atoms with Crippen molar-refractivity contribution in [3.63, 3.8) is 0 Å². The van der Waals surface area contributed by atoms with Crippen molar-refractivity contribution >= 4 is 11.6 Å². The summed E-state index contributed by atoms with van der Waals surface area (Å²) < 4.78 is 0.852. The van der Waals surface area contributed by atoms with Crippen molar-refractivity contribution in [3.05, 3.63) is 35.3 Å². The number of hydrogen-bond acceptors (Lipinski definition) is 3. The molecule has 2 atom stereocenters. The summed E-state index contributed by atoms with van der Waals surface area (Å²) in [6.45, 7) is 8.57. The van der Waals surface area contributed by atoms with Crippen molar-refractivity contribution in [1.82, 2.24) is 9.88 Å². The van der Waals surface area contributed by atoms with Crippen molar-refractivity contribution < 1.29 is 9.53 Å². The van der Waals surface area contributed by atoms with Crippen LogP contribution in [0.4, 0.5) is 0 Å². The molecule has 0 aliphatic carbocycles. The fourth-order valence-corrected chi connectivity index (χ4v) is 3.10. The van der Waals surface area contributed by atoms with Crippen molar-refractivity contribution in [1.29, 1.82) is 0 Å². The third kappa shape index (κ3) is 1.88. The standard InChI is InChI=1S/C15H21N3O2/c1-5-17(6-2)14(19)15(4)13(11(3)18(15)20)12-8-7-9-16-10-12/h7-10,13H,5-6H2,1-4H3. The van der Waals surface area contributed by atoms with Gasteiger partial charge in [0.25, 0.3) is 11.4 Å². The zero-order chi connectivity index (χ0) is 14.9. The van der Waals surface area contributed by atoms with Crippen LogP contribution >= 0.6 is 0 Å². The smallest absolute Gasteiger partial charge is 0.296 e. The minimum atomic E-state index is -1.06. The van der Waals surface area contributed by atoms with Gasteiger partial charge in [0, 0.05) is 39.3 Å². The molecule has 1 amide bonds. The number of aromatic nitrogens is 1. The van der Waals surface area contributed by atoms with Crippen LogP contribution in [0.2, 0.25) is 0 Å². The molecular weight excluding hydrogens is 254 g/mol. The molecule has 1 aliphatic rings. The molecule has 108 valence electrons. The summed E-state index contributed by atoms with van der Waals surface area (Å²) in [5, 5.41) is 12.3. The quantitative estimate of drug-likeness (QED) is 0.621. The molecule has 0 aromatic carbocycles. The number of carbonyl (C=O) groups excluding carboxylic acids is 1. The number of hydroxylamine groups is 1. The van der Waals surface area contributed by atoms with Crippen LogP contribution in [0.1, 0.15) is 39.2 Å². The lowest BCUT2D eigenvalue weighted by molar-refractivity contribution is -0.564. The first kappa shape index (κ1) is 14.5. The average molecular weight is 275 g/mol. The SMILES string of the molecule is CCN(CC)C(=O)C1(C)C(c2cccnc2)C(C)=[N+]1[O-]. The second-order valence-corrected chi connectivity index (χ2v) is 5.28. The van der Waals surface area contributed by atoms with E-state index in [0.29, 0.717) is 18.8 Å². The lowest BCUT2D eigenvalue weighted by Crippen LogP contribution is -2.66. The molecule has 1 aromatic rings. The van der Waals surface area contributed by atoms with Gasteiger partial charge in [0.15, 0.2) is 5.71 Å². The van der Waals surface area contributed by atoms with Gasteiger partial charge in [-0.05, 0) is 25.5 Å². The van der Waals surface area contributed by atoms with Gasteiger partial charge in [-0.3, -0.25) is 9.78 Å². The van der Waals surface area contributed by atoms with E-state index in [2.05, 4.69) is 4.98 Å². The Hall–Kier alpha value is -1.91. The Balaban J connectivity index is 2.42. The minimum Gasteiger partial charge on any atom is -0.623 e. The van der Waals surface area contributed by atoms with Crippen molar-refractivity contribution in [2.45, 2.75) is 39.2 Å². The van der Waals surface area contributed by atoms with E-state index in [1.165, 1.54) is 0 Å². The maximum atomic E-state index is 12.7. The molecule has 0 saturated heterocycles. The predicted octanol–water partition coefficient (Wildman–Crippen LogP) is 1.78. The Kier molecular flexibility index (Phi) is 3.79. The molecule has 1 aliphatic heterocycles. The van der Waals surface area contributed by atoms with E-state index in [-0.39, 0.29) is 11.8 Å². The van der Waals surface area contributed by atoms with Crippen LogP contribution < -0.4 is 0 Å². The molecule has 5 nitrogen and oxygen atoms in total. The number of carbonyl (C=O) groups is 1. The molecule has 0 saturated carbocycles. The van der Waals surface area contributed by atoms with Gasteiger partial charge in [-0.1, -0.05) is 6.07 Å². The van der Waals surface area contributed by atoms with E-state index in [9.17, 15) is 10.0 Å². The number of amides is 1. The molecule has 0 radical (unpaired) electrons. The number of hydrogen-bond donors (Lipinski definition) is 0. The van der Waals surface area contributed by atoms with Crippen LogP contribution in [0, 0.1) is 5.21 Å². The third-order valence-electron chi connectivity index (χ3n) is 4.22. The molecule has 2 unspecified atom stereocenters. The molecule has 20 heavy (non-hydrogen) atoms. The molecule has 2 heterocycles. The number of rotatable bonds is 4. The van der Waals surface area contributed by atoms with E-state index >= 15 is 0 Å². The fourth-order valence-electron chi connectivity index (χ4n) is 3.10. The third-order valence-corrected chi connectivity index (χ3v) is 4.22. The maximum absolute atomic E-state index is 12.7. The summed E-state index contributed by atoms with van der Waals surface area (Å²) in [5.41, 5.74) is 0.528. The first-order chi connectivity index (χ1) is 9.48. The zero-order valence-corrected chi connectivity index (χ0v) is 12.5. The molecule has 0 N–H and O–H groups in total. The van der Waals surface area contributed by atoms with Crippen LogP contribution in [0.3, 0.4) is 0 Å². The first-order valence-corrected chi connectivity index (χ1v) is 6.98. The number of likely N-dealkylation sites (N-methyl/N-ethyl adjacent to an activating group) is 1. The van der Waals surface area contributed by atoms with Crippen LogP contribution in [-0.2, 0) is 4.79 Å². The lowest BCUT2D eigenvalue weighted by atomic mass is 9.71.